The largest absolute Gasteiger partial charge is 0.462 e. The summed E-state index contributed by atoms with van der Waals surface area (Å²) >= 11 is 0. The van der Waals surface area contributed by atoms with Crippen molar-refractivity contribution in [2.45, 2.75) is 26.8 Å². The average Bonchev–Trinajstić information content (AvgIpc) is 2.93. The minimum absolute atomic E-state index is 0.271. The van der Waals surface area contributed by atoms with Crippen molar-refractivity contribution < 1.29 is 23.9 Å². The number of carbonyl (C=O) groups excluding carboxylic acids is 4. The van der Waals surface area contributed by atoms with Crippen molar-refractivity contribution in [3.05, 3.63) is 59.7 Å². The van der Waals surface area contributed by atoms with Gasteiger partial charge in [-0.1, -0.05) is 17.7 Å². The van der Waals surface area contributed by atoms with Crippen LogP contribution in [0.2, 0.25) is 0 Å². The van der Waals surface area contributed by atoms with E-state index < -0.39 is 36.4 Å². The first-order valence-corrected chi connectivity index (χ1v) is 9.60. The van der Waals surface area contributed by atoms with Gasteiger partial charge >= 0.3 is 12.0 Å². The van der Waals surface area contributed by atoms with Gasteiger partial charge in [0.2, 0.25) is 5.91 Å². The summed E-state index contributed by atoms with van der Waals surface area (Å²) in [6.45, 7) is 5.15. The van der Waals surface area contributed by atoms with Gasteiger partial charge in [-0.3, -0.25) is 19.4 Å². The first-order chi connectivity index (χ1) is 14.3. The van der Waals surface area contributed by atoms with Crippen LogP contribution in [0.25, 0.3) is 0 Å². The van der Waals surface area contributed by atoms with Gasteiger partial charge in [-0.05, 0) is 57.2 Å². The molecule has 2 aromatic carbocycles. The van der Waals surface area contributed by atoms with Crippen LogP contribution in [0, 0.1) is 6.92 Å². The first-order valence-electron chi connectivity index (χ1n) is 9.60. The normalized spacial score (nSPS) is 16.0. The summed E-state index contributed by atoms with van der Waals surface area (Å²) in [5.41, 5.74) is 2.44. The van der Waals surface area contributed by atoms with Crippen molar-refractivity contribution >= 4 is 35.2 Å². The highest BCUT2D eigenvalue weighted by Gasteiger charge is 2.44. The maximum absolute atomic E-state index is 12.8. The molecule has 1 N–H and O–H groups in total. The van der Waals surface area contributed by atoms with Crippen molar-refractivity contribution in [1.82, 2.24) is 4.90 Å². The van der Waals surface area contributed by atoms with Crippen molar-refractivity contribution in [3.63, 3.8) is 0 Å². The lowest BCUT2D eigenvalue weighted by Gasteiger charge is -2.19. The number of amides is 4. The Kier molecular flexibility index (Phi) is 6.15. The summed E-state index contributed by atoms with van der Waals surface area (Å²) in [4.78, 5) is 51.8. The van der Waals surface area contributed by atoms with Gasteiger partial charge in [0.25, 0.3) is 5.91 Å². The number of nitrogens with zero attached hydrogens (tertiary/aromatic N) is 2. The van der Waals surface area contributed by atoms with E-state index in [9.17, 15) is 19.2 Å². The smallest absolute Gasteiger partial charge is 0.338 e. The highest BCUT2D eigenvalue weighted by Crippen LogP contribution is 2.26. The number of rotatable bonds is 6. The molecule has 0 spiro atoms. The molecule has 1 unspecified atom stereocenters. The van der Waals surface area contributed by atoms with Gasteiger partial charge in [0.1, 0.15) is 12.6 Å². The summed E-state index contributed by atoms with van der Waals surface area (Å²) in [6, 6.07) is 12.2. The minimum atomic E-state index is -0.697. The number of hydrogen-bond donors (Lipinski definition) is 1. The van der Waals surface area contributed by atoms with Gasteiger partial charge in [-0.2, -0.15) is 0 Å². The third-order valence-corrected chi connectivity index (χ3v) is 4.74. The molecule has 3 rings (SSSR count). The van der Waals surface area contributed by atoms with Crippen molar-refractivity contribution in [2.24, 2.45) is 0 Å². The number of benzene rings is 2. The number of esters is 1. The third-order valence-electron chi connectivity index (χ3n) is 4.74. The molecule has 4 amide bonds. The second kappa shape index (κ2) is 8.77. The Bertz CT molecular complexity index is 969. The Morgan fingerprint density at radius 1 is 1.03 bits per heavy atom. The number of urea groups is 1. The molecular formula is C22H23N3O5. The molecule has 2 aromatic rings. The molecule has 0 bridgehead atoms. The van der Waals surface area contributed by atoms with Crippen LogP contribution in [-0.2, 0) is 14.3 Å². The fraction of sp³-hybridized carbons (Fsp3) is 0.273. The van der Waals surface area contributed by atoms with E-state index in [-0.39, 0.29) is 6.61 Å². The fourth-order valence-corrected chi connectivity index (χ4v) is 3.16. The predicted octanol–water partition coefficient (Wildman–Crippen LogP) is 2.97. The number of aryl methyl sites for hydroxylation is 1. The molecule has 1 atom stereocenters. The van der Waals surface area contributed by atoms with Crippen LogP contribution in [0.3, 0.4) is 0 Å². The lowest BCUT2D eigenvalue weighted by Crippen LogP contribution is -2.39. The van der Waals surface area contributed by atoms with E-state index in [0.29, 0.717) is 16.9 Å². The van der Waals surface area contributed by atoms with Gasteiger partial charge in [-0.15, -0.1) is 0 Å². The van der Waals surface area contributed by atoms with Crippen LogP contribution in [0.15, 0.2) is 48.5 Å². The van der Waals surface area contributed by atoms with Gasteiger partial charge < -0.3 is 10.1 Å². The summed E-state index contributed by atoms with van der Waals surface area (Å²) < 4.78 is 4.91. The van der Waals surface area contributed by atoms with Gasteiger partial charge in [-0.25, -0.2) is 9.59 Å². The molecule has 0 aliphatic carbocycles. The zero-order chi connectivity index (χ0) is 21.8. The fourth-order valence-electron chi connectivity index (χ4n) is 3.16. The summed E-state index contributed by atoms with van der Waals surface area (Å²) in [7, 11) is 0. The van der Waals surface area contributed by atoms with Crippen LogP contribution in [0.4, 0.5) is 16.2 Å². The van der Waals surface area contributed by atoms with Gasteiger partial charge in [0.15, 0.2) is 0 Å². The molecule has 0 aromatic heterocycles. The number of ether oxygens (including phenoxy) is 1. The van der Waals surface area contributed by atoms with Gasteiger partial charge in [0.05, 0.1) is 12.2 Å². The zero-order valence-corrected chi connectivity index (χ0v) is 17.0. The van der Waals surface area contributed by atoms with Crippen molar-refractivity contribution in [3.8, 4) is 0 Å². The maximum atomic E-state index is 12.8. The van der Waals surface area contributed by atoms with E-state index in [1.807, 2.05) is 19.1 Å². The Balaban J connectivity index is 1.66. The van der Waals surface area contributed by atoms with Gasteiger partial charge in [0, 0.05) is 11.4 Å². The molecule has 0 saturated carbocycles. The van der Waals surface area contributed by atoms with E-state index in [1.54, 1.807) is 38.1 Å². The summed E-state index contributed by atoms with van der Waals surface area (Å²) in [6.07, 6.45) is 0. The highest BCUT2D eigenvalue weighted by molar-refractivity contribution is 6.16. The lowest BCUT2D eigenvalue weighted by molar-refractivity contribution is -0.130. The molecule has 8 nitrogen and oxygen atoms in total. The standard InChI is InChI=1S/C22H23N3O5/c1-4-30-21(28)16-7-9-17(10-8-16)23-19(26)13-24-20(27)15(3)25(22(24)29)18-11-5-14(2)6-12-18/h5-12,15H,4,13H2,1-3H3,(H,23,26). The Morgan fingerprint density at radius 2 is 1.67 bits per heavy atom. The number of carbonyl (C=O) groups is 4. The average molecular weight is 409 g/mol. The Hall–Kier alpha value is -3.68. The number of anilines is 2. The molecular weight excluding hydrogens is 386 g/mol. The zero-order valence-electron chi connectivity index (χ0n) is 17.0. The molecule has 30 heavy (non-hydrogen) atoms. The van der Waals surface area contributed by atoms with Crippen molar-refractivity contribution in [1.29, 1.82) is 0 Å². The van der Waals surface area contributed by atoms with E-state index in [1.165, 1.54) is 17.0 Å². The molecule has 1 aliphatic heterocycles. The molecule has 1 fully saturated rings. The molecule has 156 valence electrons. The Labute approximate surface area is 174 Å². The number of nitrogens with one attached hydrogen (secondary N) is 1. The van der Waals surface area contributed by atoms with Crippen LogP contribution in [0.1, 0.15) is 29.8 Å². The minimum Gasteiger partial charge on any atom is -0.462 e. The van der Waals surface area contributed by atoms with Crippen LogP contribution >= 0.6 is 0 Å². The number of hydrogen-bond acceptors (Lipinski definition) is 5. The number of imide groups is 1. The molecule has 1 saturated heterocycles. The van der Waals surface area contributed by atoms with Crippen LogP contribution < -0.4 is 10.2 Å². The van der Waals surface area contributed by atoms with E-state index in [4.69, 9.17) is 4.74 Å². The lowest BCUT2D eigenvalue weighted by atomic mass is 10.2. The molecule has 0 radical (unpaired) electrons. The van der Waals surface area contributed by atoms with E-state index in [0.717, 1.165) is 10.5 Å². The maximum Gasteiger partial charge on any atom is 0.338 e. The van der Waals surface area contributed by atoms with E-state index in [2.05, 4.69) is 5.32 Å². The summed E-state index contributed by atoms with van der Waals surface area (Å²) in [5.74, 6) is -1.40. The third kappa shape index (κ3) is 4.32. The topological polar surface area (TPSA) is 96.0 Å². The molecule has 1 heterocycles. The van der Waals surface area contributed by atoms with Crippen LogP contribution in [-0.4, -0.2) is 47.9 Å². The Morgan fingerprint density at radius 3 is 2.27 bits per heavy atom. The molecule has 1 aliphatic rings. The molecule has 8 heteroatoms. The summed E-state index contributed by atoms with van der Waals surface area (Å²) in [5, 5.41) is 2.63. The monoisotopic (exact) mass is 409 g/mol. The second-order valence-corrected chi connectivity index (χ2v) is 6.93. The van der Waals surface area contributed by atoms with Crippen molar-refractivity contribution in [2.75, 3.05) is 23.4 Å². The quantitative estimate of drug-likeness (QED) is 0.585. The SMILES string of the molecule is CCOC(=O)c1ccc(NC(=O)CN2C(=O)C(C)N(c3ccc(C)cc3)C2=O)cc1. The van der Waals surface area contributed by atoms with Crippen LogP contribution in [0.5, 0.6) is 0 Å². The predicted molar refractivity (Wildman–Crippen MR) is 111 cm³/mol. The van der Waals surface area contributed by atoms with E-state index >= 15 is 0 Å². The first kappa shape index (κ1) is 21.0. The second-order valence-electron chi connectivity index (χ2n) is 6.93. The highest BCUT2D eigenvalue weighted by atomic mass is 16.5.